The van der Waals surface area contributed by atoms with Crippen molar-refractivity contribution in [3.8, 4) is 0 Å². The van der Waals surface area contributed by atoms with Crippen molar-refractivity contribution in [3.63, 3.8) is 0 Å². The summed E-state index contributed by atoms with van der Waals surface area (Å²) in [6, 6.07) is 7.11. The van der Waals surface area contributed by atoms with Crippen LogP contribution in [0.2, 0.25) is 5.02 Å². The summed E-state index contributed by atoms with van der Waals surface area (Å²) in [5, 5.41) is 4.72. The molecule has 0 bridgehead atoms. The average Bonchev–Trinajstić information content (AvgIpc) is 3.07. The Morgan fingerprint density at radius 1 is 1.10 bits per heavy atom. The first-order valence-electron chi connectivity index (χ1n) is 5.43. The van der Waals surface area contributed by atoms with Gasteiger partial charge in [-0.3, -0.25) is 4.79 Å². The fourth-order valence-corrected chi connectivity index (χ4v) is 7.86. The molecule has 0 N–H and O–H groups in total. The van der Waals surface area contributed by atoms with Crippen LogP contribution in [0, 0.1) is 0 Å². The first-order chi connectivity index (χ1) is 9.65. The number of hydrogen-bond acceptors (Lipinski definition) is 5. The summed E-state index contributed by atoms with van der Waals surface area (Å²) in [6.07, 6.45) is 0. The van der Waals surface area contributed by atoms with E-state index in [0.29, 0.717) is 10.6 Å². The predicted molar refractivity (Wildman–Crippen MR) is 103 cm³/mol. The van der Waals surface area contributed by atoms with E-state index >= 15 is 0 Å². The summed E-state index contributed by atoms with van der Waals surface area (Å²) in [4.78, 5) is 13.4. The number of thioether (sulfide) groups is 4. The van der Waals surface area contributed by atoms with E-state index in [1.165, 1.54) is 8.47 Å². The van der Waals surface area contributed by atoms with Gasteiger partial charge in [-0.05, 0) is 45.5 Å². The molecule has 0 fully saturated rings. The smallest absolute Gasteiger partial charge is 0.201 e. The van der Waals surface area contributed by atoms with Crippen LogP contribution in [0.4, 0.5) is 0 Å². The minimum absolute atomic E-state index is 0.0472. The lowest BCUT2D eigenvalue weighted by Gasteiger charge is -2.03. The Bertz CT molecular complexity index is 671. The molecule has 1 nitrogen and oxygen atoms in total. The number of carbonyl (C=O) groups excluding carboxylic acids is 1. The third-order valence-electron chi connectivity index (χ3n) is 2.42. The monoisotopic (exact) mass is 468 g/mol. The van der Waals surface area contributed by atoms with Gasteiger partial charge in [-0.25, -0.2) is 0 Å². The van der Waals surface area contributed by atoms with Crippen LogP contribution in [0.5, 0.6) is 0 Å². The Morgan fingerprint density at radius 2 is 1.85 bits per heavy atom. The van der Waals surface area contributed by atoms with Gasteiger partial charge < -0.3 is 0 Å². The zero-order chi connectivity index (χ0) is 14.1. The topological polar surface area (TPSA) is 17.1 Å². The maximum Gasteiger partial charge on any atom is 0.201 e. The maximum atomic E-state index is 12.6. The summed E-state index contributed by atoms with van der Waals surface area (Å²) >= 11 is 14.9. The standard InChI is InChI=1S/C13H6ClIOS4/c14-8-3-1-2-7(6-8)9(16)10-11(15)20-13(19-10)12-17-4-5-18-12/h1-6H. The first kappa shape index (κ1) is 15.4. The quantitative estimate of drug-likeness (QED) is 0.354. The second-order valence-corrected chi connectivity index (χ2v) is 10.4. The number of Topliss-reactive ketones (excluding diaryl/α,β-unsaturated/α-hetero) is 1. The van der Waals surface area contributed by atoms with Crippen LogP contribution in [0.1, 0.15) is 10.4 Å². The Morgan fingerprint density at radius 3 is 2.55 bits per heavy atom. The molecule has 2 aliphatic rings. The van der Waals surface area contributed by atoms with Crippen LogP contribution in [-0.2, 0) is 0 Å². The Kier molecular flexibility index (Phi) is 5.20. The highest BCUT2D eigenvalue weighted by Gasteiger charge is 2.28. The van der Waals surface area contributed by atoms with Crippen molar-refractivity contribution in [2.45, 2.75) is 0 Å². The number of hydrogen-bond donors (Lipinski definition) is 0. The highest BCUT2D eigenvalue weighted by atomic mass is 127. The van der Waals surface area contributed by atoms with Gasteiger partial charge in [-0.15, -0.1) is 0 Å². The predicted octanol–water partition coefficient (Wildman–Crippen LogP) is 6.68. The minimum Gasteiger partial charge on any atom is -0.288 e. The lowest BCUT2D eigenvalue weighted by Crippen LogP contribution is -1.99. The summed E-state index contributed by atoms with van der Waals surface area (Å²) in [5.74, 6) is 0.0472. The van der Waals surface area contributed by atoms with Crippen molar-refractivity contribution in [1.82, 2.24) is 0 Å². The van der Waals surface area contributed by atoms with Crippen LogP contribution in [0.15, 0.2) is 51.4 Å². The van der Waals surface area contributed by atoms with Gasteiger partial charge in [0.2, 0.25) is 5.78 Å². The molecule has 1 aromatic rings. The van der Waals surface area contributed by atoms with Gasteiger partial charge in [0.25, 0.3) is 0 Å². The number of benzene rings is 1. The van der Waals surface area contributed by atoms with Gasteiger partial charge in [-0.1, -0.05) is 70.8 Å². The molecule has 2 heterocycles. The summed E-state index contributed by atoms with van der Waals surface area (Å²) in [6.45, 7) is 0. The molecule has 0 saturated heterocycles. The van der Waals surface area contributed by atoms with E-state index in [-0.39, 0.29) is 5.78 Å². The molecule has 7 heteroatoms. The fraction of sp³-hybridized carbons (Fsp3) is 0. The molecule has 0 saturated carbocycles. The van der Waals surface area contributed by atoms with Crippen LogP contribution in [0.3, 0.4) is 0 Å². The molecule has 3 rings (SSSR count). The van der Waals surface area contributed by atoms with Crippen molar-refractivity contribution >= 4 is 87.0 Å². The zero-order valence-corrected chi connectivity index (χ0v) is 15.9. The highest BCUT2D eigenvalue weighted by Crippen LogP contribution is 2.58. The molecular weight excluding hydrogens is 463 g/mol. The molecule has 0 radical (unpaired) electrons. The Hall–Kier alpha value is 0.530. The molecule has 102 valence electrons. The van der Waals surface area contributed by atoms with Crippen molar-refractivity contribution in [1.29, 1.82) is 0 Å². The van der Waals surface area contributed by atoms with Crippen molar-refractivity contribution in [3.05, 3.63) is 62.0 Å². The summed E-state index contributed by atoms with van der Waals surface area (Å²) in [7, 11) is 0. The normalized spacial score (nSPS) is 18.3. The van der Waals surface area contributed by atoms with Gasteiger partial charge in [0.15, 0.2) is 0 Å². The van der Waals surface area contributed by atoms with Crippen LogP contribution >= 0.6 is 81.2 Å². The second-order valence-electron chi connectivity index (χ2n) is 3.73. The Labute approximate surface area is 152 Å². The molecule has 0 atom stereocenters. The van der Waals surface area contributed by atoms with Crippen molar-refractivity contribution in [2.75, 3.05) is 0 Å². The third-order valence-corrected chi connectivity index (χ3v) is 9.25. The second kappa shape index (κ2) is 6.75. The van der Waals surface area contributed by atoms with E-state index in [1.54, 1.807) is 59.2 Å². The van der Waals surface area contributed by atoms with Crippen LogP contribution < -0.4 is 0 Å². The molecule has 0 unspecified atom stereocenters. The van der Waals surface area contributed by atoms with E-state index in [1.807, 2.05) is 12.1 Å². The largest absolute Gasteiger partial charge is 0.288 e. The molecule has 1 aromatic carbocycles. The van der Waals surface area contributed by atoms with Gasteiger partial charge >= 0.3 is 0 Å². The average molecular weight is 469 g/mol. The van der Waals surface area contributed by atoms with Crippen molar-refractivity contribution in [2.24, 2.45) is 0 Å². The molecule has 0 spiro atoms. The van der Waals surface area contributed by atoms with Gasteiger partial charge in [0, 0.05) is 10.6 Å². The third kappa shape index (κ3) is 3.30. The Balaban J connectivity index is 1.86. The lowest BCUT2D eigenvalue weighted by molar-refractivity contribution is 0.104. The number of carbonyl (C=O) groups is 1. The van der Waals surface area contributed by atoms with Crippen molar-refractivity contribution < 1.29 is 4.79 Å². The molecular formula is C13H6ClIOS4. The molecule has 0 aromatic heterocycles. The number of halogens is 2. The summed E-state index contributed by atoms with van der Waals surface area (Å²) in [5.41, 5.74) is 0.644. The van der Waals surface area contributed by atoms with Crippen LogP contribution in [-0.4, -0.2) is 5.78 Å². The van der Waals surface area contributed by atoms with E-state index in [0.717, 1.165) is 7.82 Å². The molecule has 0 aliphatic carbocycles. The van der Waals surface area contributed by atoms with Gasteiger partial charge in [0.05, 0.1) is 16.3 Å². The van der Waals surface area contributed by atoms with Gasteiger partial charge in [0.1, 0.15) is 0 Å². The number of allylic oxidation sites excluding steroid dienone is 1. The van der Waals surface area contributed by atoms with E-state index < -0.39 is 0 Å². The molecule has 0 amide bonds. The zero-order valence-electron chi connectivity index (χ0n) is 9.76. The van der Waals surface area contributed by atoms with E-state index in [9.17, 15) is 4.79 Å². The van der Waals surface area contributed by atoms with Gasteiger partial charge in [-0.2, -0.15) is 0 Å². The van der Waals surface area contributed by atoms with Crippen LogP contribution in [0.25, 0.3) is 0 Å². The molecule has 20 heavy (non-hydrogen) atoms. The number of rotatable bonds is 2. The first-order valence-corrected chi connectivity index (χ1v) is 10.3. The maximum absolute atomic E-state index is 12.6. The lowest BCUT2D eigenvalue weighted by atomic mass is 10.1. The SMILES string of the molecule is O=C(C1=C(I)SC(=C2SC=CS2)S1)c1cccc(Cl)c1. The minimum atomic E-state index is 0.0472. The highest BCUT2D eigenvalue weighted by molar-refractivity contribution is 14.1. The van der Waals surface area contributed by atoms with E-state index in [2.05, 4.69) is 33.4 Å². The van der Waals surface area contributed by atoms with E-state index in [4.69, 9.17) is 11.6 Å². The molecule has 2 aliphatic heterocycles. The number of ketones is 1. The summed E-state index contributed by atoms with van der Waals surface area (Å²) < 4.78 is 3.48. The fourth-order valence-electron chi connectivity index (χ4n) is 1.56.